The topological polar surface area (TPSA) is 62.3 Å². The fourth-order valence-electron chi connectivity index (χ4n) is 7.51. The van der Waals surface area contributed by atoms with Crippen molar-refractivity contribution in [3.05, 3.63) is 138 Å². The molecule has 4 aromatic heterocycles. The second-order valence-corrected chi connectivity index (χ2v) is 16.6. The molecule has 0 atom stereocenters. The van der Waals surface area contributed by atoms with Gasteiger partial charge in [-0.05, 0) is 82.8 Å². The second kappa shape index (κ2) is 12.7. The predicted octanol–water partition coefficient (Wildman–Crippen LogP) is 12.4. The quantitative estimate of drug-likeness (QED) is 0.165. The molecule has 0 saturated heterocycles. The van der Waals surface area contributed by atoms with Gasteiger partial charge in [-0.2, -0.15) is 6.07 Å². The molecule has 5 heterocycles. The molecule has 7 heteroatoms. The maximum Gasteiger partial charge on any atom is 2.00 e. The molecule has 8 aromatic rings. The Morgan fingerprint density at radius 2 is 1.48 bits per heavy atom. The van der Waals surface area contributed by atoms with Crippen LogP contribution < -0.4 is 9.47 Å². The van der Waals surface area contributed by atoms with E-state index in [4.69, 9.17) is 23.9 Å². The number of fused-ring (bicyclic) bond motifs is 7. The normalized spacial score (nSPS) is 13.7. The standard InChI is InChI=1S/C47H41N3O3.Pt/c1-45(2,3)29-16-20-38-35(25-29)43-44(53-38)47(7,8)41-39(52-43)22-23-48-42(41)28-12-11-13-31(24-28)51-32-18-19-34-33-14-9-10-15-36(33)50(37(34)26-32)40-21-17-30(27-49-40)46(4,5)6;/h9-23,25,27H,1-8H3;/q-2;+2. The SMILES string of the molecule is CC(C)(C)c1ccc(-n2c3[c-]c(Oc4[c-]c(-c5nccc6c5C(C)(C)c5oc7ccc(C(C)(C)C)cc7c5O6)ccc4)ccc3c3ccccc32)nc1.[Pt+2]. The van der Waals surface area contributed by atoms with Crippen molar-refractivity contribution in [1.82, 2.24) is 14.5 Å². The van der Waals surface area contributed by atoms with E-state index < -0.39 is 5.41 Å². The Morgan fingerprint density at radius 1 is 0.722 bits per heavy atom. The van der Waals surface area contributed by atoms with Gasteiger partial charge >= 0.3 is 21.1 Å². The summed E-state index contributed by atoms with van der Waals surface area (Å²) in [4.78, 5) is 9.79. The Hall–Kier alpha value is -5.19. The number of hydrogen-bond donors (Lipinski definition) is 0. The molecule has 9 rings (SSSR count). The molecule has 0 amide bonds. The molecule has 272 valence electrons. The number of nitrogens with zero attached hydrogens (tertiary/aromatic N) is 3. The van der Waals surface area contributed by atoms with E-state index in [0.717, 1.165) is 72.7 Å². The molecule has 0 saturated carbocycles. The molecule has 0 N–H and O–H groups in total. The number of rotatable bonds is 4. The first-order chi connectivity index (χ1) is 25.3. The number of pyridine rings is 2. The molecular formula is C47H41N3O3Pt. The zero-order valence-electron chi connectivity index (χ0n) is 31.7. The van der Waals surface area contributed by atoms with Gasteiger partial charge in [0, 0.05) is 34.8 Å². The third-order valence-corrected chi connectivity index (χ3v) is 10.5. The van der Waals surface area contributed by atoms with Crippen LogP contribution in [0.3, 0.4) is 0 Å². The fourth-order valence-corrected chi connectivity index (χ4v) is 7.51. The van der Waals surface area contributed by atoms with Gasteiger partial charge in [0.15, 0.2) is 11.5 Å². The van der Waals surface area contributed by atoms with Crippen molar-refractivity contribution in [1.29, 1.82) is 0 Å². The van der Waals surface area contributed by atoms with Crippen LogP contribution in [0.2, 0.25) is 0 Å². The number of benzene rings is 4. The van der Waals surface area contributed by atoms with Crippen LogP contribution in [0, 0.1) is 12.1 Å². The van der Waals surface area contributed by atoms with Crippen LogP contribution in [0.5, 0.6) is 23.0 Å². The molecular weight excluding hydrogens is 850 g/mol. The Balaban J connectivity index is 0.00000413. The van der Waals surface area contributed by atoms with Gasteiger partial charge in [-0.1, -0.05) is 83.5 Å². The zero-order valence-corrected chi connectivity index (χ0v) is 34.0. The van der Waals surface area contributed by atoms with Gasteiger partial charge in [0.05, 0.1) is 5.39 Å². The molecule has 0 radical (unpaired) electrons. The van der Waals surface area contributed by atoms with Crippen molar-refractivity contribution in [2.75, 3.05) is 0 Å². The minimum atomic E-state index is -0.538. The summed E-state index contributed by atoms with van der Waals surface area (Å²) >= 11 is 0. The third kappa shape index (κ3) is 5.83. The van der Waals surface area contributed by atoms with Gasteiger partial charge in [-0.3, -0.25) is 0 Å². The molecule has 1 aliphatic rings. The summed E-state index contributed by atoms with van der Waals surface area (Å²) in [5.74, 6) is 4.28. The molecule has 0 fully saturated rings. The number of furan rings is 1. The smallest absolute Gasteiger partial charge is 0.503 e. The van der Waals surface area contributed by atoms with E-state index in [0.29, 0.717) is 11.5 Å². The van der Waals surface area contributed by atoms with Gasteiger partial charge in [0.1, 0.15) is 17.2 Å². The average Bonchev–Trinajstić information content (AvgIpc) is 3.66. The Kier molecular flexibility index (Phi) is 8.43. The Bertz CT molecular complexity index is 2730. The van der Waals surface area contributed by atoms with Crippen LogP contribution in [-0.4, -0.2) is 14.5 Å². The number of ether oxygens (including phenoxy) is 2. The summed E-state index contributed by atoms with van der Waals surface area (Å²) in [5.41, 5.74) is 7.15. The maximum atomic E-state index is 6.67. The molecule has 0 unspecified atom stereocenters. The first kappa shape index (κ1) is 35.8. The molecule has 0 aliphatic carbocycles. The van der Waals surface area contributed by atoms with Crippen LogP contribution in [-0.2, 0) is 37.3 Å². The van der Waals surface area contributed by atoms with Crippen molar-refractivity contribution in [3.63, 3.8) is 0 Å². The monoisotopic (exact) mass is 890 g/mol. The first-order valence-electron chi connectivity index (χ1n) is 18.2. The van der Waals surface area contributed by atoms with Crippen LogP contribution in [0.25, 0.3) is 49.9 Å². The summed E-state index contributed by atoms with van der Waals surface area (Å²) in [6.45, 7) is 17.6. The van der Waals surface area contributed by atoms with Gasteiger partial charge in [-0.25, -0.2) is 4.98 Å². The number of aromatic nitrogens is 3. The van der Waals surface area contributed by atoms with Crippen LogP contribution >= 0.6 is 0 Å². The summed E-state index contributed by atoms with van der Waals surface area (Å²) in [7, 11) is 0. The van der Waals surface area contributed by atoms with Crippen molar-refractivity contribution >= 4 is 32.8 Å². The zero-order chi connectivity index (χ0) is 36.9. The van der Waals surface area contributed by atoms with Gasteiger partial charge in [0.2, 0.25) is 0 Å². The van der Waals surface area contributed by atoms with Gasteiger partial charge < -0.3 is 23.4 Å². The average molecular weight is 891 g/mol. The summed E-state index contributed by atoms with van der Waals surface area (Å²) < 4.78 is 21.9. The van der Waals surface area contributed by atoms with E-state index in [2.05, 4.69) is 133 Å². The van der Waals surface area contributed by atoms with E-state index in [1.165, 1.54) is 11.1 Å². The van der Waals surface area contributed by atoms with Crippen LogP contribution in [0.15, 0.2) is 108 Å². The Morgan fingerprint density at radius 3 is 2.24 bits per heavy atom. The third-order valence-electron chi connectivity index (χ3n) is 10.5. The largest absolute Gasteiger partial charge is 2.00 e. The van der Waals surface area contributed by atoms with Crippen molar-refractivity contribution < 1.29 is 35.0 Å². The molecule has 4 aromatic carbocycles. The number of hydrogen-bond acceptors (Lipinski definition) is 5. The molecule has 0 bridgehead atoms. The predicted molar refractivity (Wildman–Crippen MR) is 212 cm³/mol. The van der Waals surface area contributed by atoms with E-state index >= 15 is 0 Å². The summed E-state index contributed by atoms with van der Waals surface area (Å²) in [6, 6.07) is 38.0. The van der Waals surface area contributed by atoms with Crippen LogP contribution in [0.1, 0.15) is 77.8 Å². The van der Waals surface area contributed by atoms with E-state index in [-0.39, 0.29) is 31.9 Å². The molecule has 0 spiro atoms. The maximum absolute atomic E-state index is 6.67. The summed E-state index contributed by atoms with van der Waals surface area (Å²) in [5, 5.41) is 3.19. The van der Waals surface area contributed by atoms with Crippen molar-refractivity contribution in [3.8, 4) is 40.1 Å². The molecule has 6 nitrogen and oxygen atoms in total. The van der Waals surface area contributed by atoms with Crippen LogP contribution in [0.4, 0.5) is 0 Å². The van der Waals surface area contributed by atoms with E-state index in [1.54, 1.807) is 6.20 Å². The number of para-hydroxylation sites is 1. The second-order valence-electron chi connectivity index (χ2n) is 16.6. The summed E-state index contributed by atoms with van der Waals surface area (Å²) in [6.07, 6.45) is 3.76. The minimum Gasteiger partial charge on any atom is -0.503 e. The van der Waals surface area contributed by atoms with Crippen molar-refractivity contribution in [2.45, 2.75) is 71.6 Å². The van der Waals surface area contributed by atoms with Gasteiger partial charge in [-0.15, -0.1) is 41.3 Å². The van der Waals surface area contributed by atoms with E-state index in [9.17, 15) is 0 Å². The molecule has 1 aliphatic heterocycles. The molecule has 54 heavy (non-hydrogen) atoms. The first-order valence-corrected chi connectivity index (χ1v) is 18.2. The Labute approximate surface area is 330 Å². The van der Waals surface area contributed by atoms with E-state index in [1.807, 2.05) is 36.5 Å². The fraction of sp³-hybridized carbons (Fsp3) is 0.234. The van der Waals surface area contributed by atoms with Gasteiger partial charge in [0.25, 0.3) is 0 Å². The van der Waals surface area contributed by atoms with Crippen molar-refractivity contribution in [2.24, 2.45) is 0 Å². The minimum absolute atomic E-state index is 0.